The van der Waals surface area contributed by atoms with Crippen LogP contribution in [0.2, 0.25) is 0 Å². The number of amides is 1. The van der Waals surface area contributed by atoms with Crippen LogP contribution < -0.4 is 5.73 Å². The molecule has 0 radical (unpaired) electrons. The molecule has 0 aliphatic rings. The van der Waals surface area contributed by atoms with Crippen LogP contribution in [0.15, 0.2) is 65.1 Å². The van der Waals surface area contributed by atoms with Crippen molar-refractivity contribution in [1.82, 2.24) is 4.57 Å². The molecule has 3 aromatic carbocycles. The number of phenols is 1. The maximum atomic E-state index is 11.9. The first-order chi connectivity index (χ1) is 12.1. The van der Waals surface area contributed by atoms with E-state index in [-0.39, 0.29) is 5.75 Å². The lowest BCUT2D eigenvalue weighted by Crippen LogP contribution is -2.11. The van der Waals surface area contributed by atoms with Gasteiger partial charge in [0, 0.05) is 22.0 Å². The van der Waals surface area contributed by atoms with Crippen molar-refractivity contribution in [2.24, 2.45) is 5.73 Å². The predicted octanol–water partition coefficient (Wildman–Crippen LogP) is 4.41. The molecule has 1 amide bonds. The van der Waals surface area contributed by atoms with Crippen molar-refractivity contribution in [3.05, 3.63) is 76.3 Å². The maximum Gasteiger partial charge on any atom is 0.249 e. The molecule has 0 bridgehead atoms. The van der Waals surface area contributed by atoms with E-state index in [0.29, 0.717) is 22.9 Å². The first-order valence-corrected chi connectivity index (χ1v) is 8.63. The topological polar surface area (TPSA) is 68.2 Å². The molecule has 0 spiro atoms. The Morgan fingerprint density at radius 3 is 2.36 bits per heavy atom. The third-order valence-corrected chi connectivity index (χ3v) is 5.22. The number of nitrogens with two attached hydrogens (primary N) is 1. The molecule has 124 valence electrons. The second-order valence-electron chi connectivity index (χ2n) is 5.91. The zero-order valence-corrected chi connectivity index (χ0v) is 14.8. The zero-order chi connectivity index (χ0) is 17.6. The molecule has 25 heavy (non-hydrogen) atoms. The number of benzene rings is 3. The van der Waals surface area contributed by atoms with Crippen LogP contribution in [0, 0.1) is 0 Å². The quantitative estimate of drug-likeness (QED) is 0.540. The number of rotatable bonds is 3. The van der Waals surface area contributed by atoms with Gasteiger partial charge in [-0.25, -0.2) is 0 Å². The van der Waals surface area contributed by atoms with Gasteiger partial charge in [0.2, 0.25) is 5.91 Å². The molecule has 0 saturated carbocycles. The Labute approximate surface area is 152 Å². The minimum Gasteiger partial charge on any atom is -0.507 e. The number of carbonyl (C=O) groups is 1. The Hall–Kier alpha value is -2.79. The molecule has 5 heteroatoms. The SMILES string of the molecule is NC(=O)c1cccc2c1c1c(O)cccc1n2Cc1ccccc1Br. The summed E-state index contributed by atoms with van der Waals surface area (Å²) in [6.07, 6.45) is 0. The number of carbonyl (C=O) groups excluding carboxylic acids is 1. The lowest BCUT2D eigenvalue weighted by molar-refractivity contribution is 0.100. The van der Waals surface area contributed by atoms with Crippen molar-refractivity contribution in [1.29, 1.82) is 0 Å². The first-order valence-electron chi connectivity index (χ1n) is 7.84. The van der Waals surface area contributed by atoms with Crippen LogP contribution in [0.1, 0.15) is 15.9 Å². The van der Waals surface area contributed by atoms with E-state index in [1.54, 1.807) is 18.2 Å². The second-order valence-corrected chi connectivity index (χ2v) is 6.77. The van der Waals surface area contributed by atoms with E-state index in [2.05, 4.69) is 20.5 Å². The van der Waals surface area contributed by atoms with Gasteiger partial charge in [-0.05, 0) is 35.9 Å². The summed E-state index contributed by atoms with van der Waals surface area (Å²) in [6, 6.07) is 18.8. The smallest absolute Gasteiger partial charge is 0.249 e. The van der Waals surface area contributed by atoms with Crippen LogP contribution in [-0.2, 0) is 6.54 Å². The highest BCUT2D eigenvalue weighted by atomic mass is 79.9. The van der Waals surface area contributed by atoms with Gasteiger partial charge in [-0.1, -0.05) is 46.3 Å². The number of hydrogen-bond donors (Lipinski definition) is 2. The lowest BCUT2D eigenvalue weighted by Gasteiger charge is -2.09. The van der Waals surface area contributed by atoms with Gasteiger partial charge in [0.25, 0.3) is 0 Å². The molecule has 3 N–H and O–H groups in total. The fourth-order valence-electron chi connectivity index (χ4n) is 3.34. The highest BCUT2D eigenvalue weighted by molar-refractivity contribution is 9.10. The molecule has 1 aromatic heterocycles. The number of hydrogen-bond acceptors (Lipinski definition) is 2. The monoisotopic (exact) mass is 394 g/mol. The fraction of sp³-hybridized carbons (Fsp3) is 0.0500. The predicted molar refractivity (Wildman–Crippen MR) is 103 cm³/mol. The molecule has 0 fully saturated rings. The summed E-state index contributed by atoms with van der Waals surface area (Å²) in [5, 5.41) is 11.8. The molecular weight excluding hydrogens is 380 g/mol. The molecule has 0 saturated heterocycles. The average molecular weight is 395 g/mol. The van der Waals surface area contributed by atoms with Gasteiger partial charge in [0.05, 0.1) is 16.4 Å². The normalized spacial score (nSPS) is 11.2. The number of phenolic OH excluding ortho intramolecular Hbond substituents is 1. The van der Waals surface area contributed by atoms with Crippen LogP contribution in [0.3, 0.4) is 0 Å². The Morgan fingerprint density at radius 1 is 0.960 bits per heavy atom. The summed E-state index contributed by atoms with van der Waals surface area (Å²) in [7, 11) is 0. The number of primary amides is 1. The van der Waals surface area contributed by atoms with E-state index < -0.39 is 5.91 Å². The molecule has 4 aromatic rings. The molecular formula is C20H15BrN2O2. The summed E-state index contributed by atoms with van der Waals surface area (Å²) in [5.74, 6) is -0.365. The number of halogens is 1. The van der Waals surface area contributed by atoms with Gasteiger partial charge in [-0.2, -0.15) is 0 Å². The molecule has 0 aliphatic heterocycles. The van der Waals surface area contributed by atoms with E-state index in [1.165, 1.54) is 0 Å². The van der Waals surface area contributed by atoms with Crippen LogP contribution in [0.5, 0.6) is 5.75 Å². The number of aromatic hydroxyl groups is 1. The van der Waals surface area contributed by atoms with Crippen molar-refractivity contribution in [3.8, 4) is 5.75 Å². The minimum absolute atomic E-state index is 0.141. The molecule has 1 heterocycles. The lowest BCUT2D eigenvalue weighted by atomic mass is 10.1. The largest absolute Gasteiger partial charge is 0.507 e. The summed E-state index contributed by atoms with van der Waals surface area (Å²) in [6.45, 7) is 0.604. The van der Waals surface area contributed by atoms with Crippen molar-refractivity contribution in [2.45, 2.75) is 6.54 Å². The van der Waals surface area contributed by atoms with Crippen molar-refractivity contribution in [2.75, 3.05) is 0 Å². The number of nitrogens with zero attached hydrogens (tertiary/aromatic N) is 1. The van der Waals surface area contributed by atoms with E-state index in [4.69, 9.17) is 5.73 Å². The van der Waals surface area contributed by atoms with Crippen molar-refractivity contribution < 1.29 is 9.90 Å². The highest BCUT2D eigenvalue weighted by Crippen LogP contribution is 2.37. The molecule has 0 aliphatic carbocycles. The summed E-state index contributed by atoms with van der Waals surface area (Å²) >= 11 is 3.59. The van der Waals surface area contributed by atoms with Crippen molar-refractivity contribution >= 4 is 43.6 Å². The first kappa shape index (κ1) is 15.7. The number of fused-ring (bicyclic) bond motifs is 3. The summed E-state index contributed by atoms with van der Waals surface area (Å²) < 4.78 is 3.10. The third-order valence-electron chi connectivity index (χ3n) is 4.45. The summed E-state index contributed by atoms with van der Waals surface area (Å²) in [5.41, 5.74) is 8.81. The van der Waals surface area contributed by atoms with Gasteiger partial charge >= 0.3 is 0 Å². The third kappa shape index (κ3) is 2.48. The molecule has 0 unspecified atom stereocenters. The van der Waals surface area contributed by atoms with E-state index in [0.717, 1.165) is 21.1 Å². The zero-order valence-electron chi connectivity index (χ0n) is 13.2. The van der Waals surface area contributed by atoms with Gasteiger partial charge in [-0.3, -0.25) is 4.79 Å². The van der Waals surface area contributed by atoms with Gasteiger partial charge in [0.1, 0.15) is 5.75 Å². The number of aromatic nitrogens is 1. The fourth-order valence-corrected chi connectivity index (χ4v) is 3.75. The van der Waals surface area contributed by atoms with Crippen LogP contribution >= 0.6 is 15.9 Å². The van der Waals surface area contributed by atoms with E-state index in [1.807, 2.05) is 42.5 Å². The molecule has 4 rings (SSSR count). The second kappa shape index (κ2) is 5.93. The Bertz CT molecular complexity index is 1130. The Kier molecular flexibility index (Phi) is 3.73. The van der Waals surface area contributed by atoms with Crippen molar-refractivity contribution in [3.63, 3.8) is 0 Å². The maximum absolute atomic E-state index is 11.9. The van der Waals surface area contributed by atoms with Gasteiger partial charge < -0.3 is 15.4 Å². The van der Waals surface area contributed by atoms with Crippen LogP contribution in [0.4, 0.5) is 0 Å². The van der Waals surface area contributed by atoms with Gasteiger partial charge in [0.15, 0.2) is 0 Å². The standard InChI is InChI=1S/C20H15BrN2O2/c21-14-7-2-1-5-12(14)11-23-15-8-3-6-13(20(22)25)18(15)19-16(23)9-4-10-17(19)24/h1-10,24H,11H2,(H2,22,25). The van der Waals surface area contributed by atoms with E-state index >= 15 is 0 Å². The highest BCUT2D eigenvalue weighted by Gasteiger charge is 2.19. The molecule has 0 atom stereocenters. The van der Waals surface area contributed by atoms with Crippen LogP contribution in [-0.4, -0.2) is 15.6 Å². The average Bonchev–Trinajstić information content (AvgIpc) is 2.92. The van der Waals surface area contributed by atoms with E-state index in [9.17, 15) is 9.90 Å². The summed E-state index contributed by atoms with van der Waals surface area (Å²) in [4.78, 5) is 11.9. The van der Waals surface area contributed by atoms with Crippen LogP contribution in [0.25, 0.3) is 21.8 Å². The Balaban J connectivity index is 2.10. The van der Waals surface area contributed by atoms with Gasteiger partial charge in [-0.15, -0.1) is 0 Å². The Morgan fingerprint density at radius 2 is 1.64 bits per heavy atom. The molecule has 4 nitrogen and oxygen atoms in total. The minimum atomic E-state index is -0.506.